The summed E-state index contributed by atoms with van der Waals surface area (Å²) in [6.07, 6.45) is -2.39. The normalized spacial score (nSPS) is 24.2. The molecule has 2 aliphatic rings. The molecule has 3 rings (SSSR count). The number of carboxylic acid groups (broad SMARTS) is 1. The number of carbonyl (C=O) groups excluding carboxylic acids is 1. The molecular formula is C17H18F3NO3. The number of likely N-dealkylation sites (tertiary alicyclic amines) is 1. The molecular weight excluding hydrogens is 323 g/mol. The van der Waals surface area contributed by atoms with Crippen LogP contribution in [0.5, 0.6) is 0 Å². The van der Waals surface area contributed by atoms with Crippen LogP contribution in [0.4, 0.5) is 13.2 Å². The average Bonchev–Trinajstić information content (AvgIpc) is 3.24. The Kier molecular flexibility index (Phi) is 4.27. The van der Waals surface area contributed by atoms with E-state index in [1.165, 1.54) is 12.1 Å². The van der Waals surface area contributed by atoms with Gasteiger partial charge in [0, 0.05) is 13.1 Å². The summed E-state index contributed by atoms with van der Waals surface area (Å²) in [5.74, 6) is -1.26. The number of benzene rings is 1. The third kappa shape index (κ3) is 3.55. The zero-order valence-corrected chi connectivity index (χ0v) is 12.9. The van der Waals surface area contributed by atoms with Crippen molar-refractivity contribution in [1.82, 2.24) is 4.90 Å². The van der Waals surface area contributed by atoms with Crippen LogP contribution in [-0.2, 0) is 22.2 Å². The van der Waals surface area contributed by atoms with E-state index >= 15 is 0 Å². The second kappa shape index (κ2) is 6.11. The van der Waals surface area contributed by atoms with Crippen molar-refractivity contribution in [1.29, 1.82) is 0 Å². The van der Waals surface area contributed by atoms with Gasteiger partial charge in [-0.25, -0.2) is 0 Å². The van der Waals surface area contributed by atoms with Crippen LogP contribution in [0.15, 0.2) is 24.3 Å². The lowest BCUT2D eigenvalue weighted by Crippen LogP contribution is -2.31. The molecule has 1 heterocycles. The van der Waals surface area contributed by atoms with Gasteiger partial charge in [-0.3, -0.25) is 9.59 Å². The molecule has 2 atom stereocenters. The van der Waals surface area contributed by atoms with E-state index in [0.717, 1.165) is 25.0 Å². The summed E-state index contributed by atoms with van der Waals surface area (Å²) in [5, 5.41) is 9.31. The molecule has 1 aromatic carbocycles. The minimum atomic E-state index is -4.40. The Morgan fingerprint density at radius 2 is 1.75 bits per heavy atom. The number of rotatable bonds is 4. The van der Waals surface area contributed by atoms with Gasteiger partial charge in [0.15, 0.2) is 0 Å². The quantitative estimate of drug-likeness (QED) is 0.916. The summed E-state index contributed by atoms with van der Waals surface area (Å²) in [4.78, 5) is 25.3. The summed E-state index contributed by atoms with van der Waals surface area (Å²) in [5.41, 5.74) is -0.255. The molecule has 4 nitrogen and oxygen atoms in total. The second-order valence-corrected chi connectivity index (χ2v) is 6.62. The van der Waals surface area contributed by atoms with Gasteiger partial charge in [-0.1, -0.05) is 12.1 Å². The number of hydrogen-bond donors (Lipinski definition) is 1. The fraction of sp³-hybridized carbons (Fsp3) is 0.529. The van der Waals surface area contributed by atoms with Crippen molar-refractivity contribution in [3.63, 3.8) is 0 Å². The van der Waals surface area contributed by atoms with Crippen LogP contribution >= 0.6 is 0 Å². The van der Waals surface area contributed by atoms with E-state index < -0.39 is 23.6 Å². The Morgan fingerprint density at radius 1 is 1.12 bits per heavy atom. The van der Waals surface area contributed by atoms with Crippen molar-refractivity contribution in [2.45, 2.75) is 25.4 Å². The molecule has 130 valence electrons. The number of carbonyl (C=O) groups is 2. The first kappa shape index (κ1) is 16.8. The number of alkyl halides is 3. The number of nitrogens with zero attached hydrogens (tertiary/aromatic N) is 1. The monoisotopic (exact) mass is 341 g/mol. The molecule has 0 radical (unpaired) electrons. The summed E-state index contributed by atoms with van der Waals surface area (Å²) < 4.78 is 37.6. The van der Waals surface area contributed by atoms with E-state index in [1.807, 2.05) is 0 Å². The maximum Gasteiger partial charge on any atom is 0.416 e. The molecule has 1 aliphatic heterocycles. The van der Waals surface area contributed by atoms with E-state index in [2.05, 4.69) is 0 Å². The van der Waals surface area contributed by atoms with Crippen molar-refractivity contribution in [3.05, 3.63) is 35.4 Å². The Morgan fingerprint density at radius 3 is 2.25 bits per heavy atom. The molecule has 1 N–H and O–H groups in total. The highest BCUT2D eigenvalue weighted by atomic mass is 19.4. The third-order valence-corrected chi connectivity index (χ3v) is 4.90. The van der Waals surface area contributed by atoms with E-state index in [0.29, 0.717) is 18.0 Å². The van der Waals surface area contributed by atoms with Crippen molar-refractivity contribution in [2.75, 3.05) is 13.1 Å². The summed E-state index contributed by atoms with van der Waals surface area (Å²) in [6, 6.07) is 4.51. The predicted molar refractivity (Wildman–Crippen MR) is 79.1 cm³/mol. The average molecular weight is 341 g/mol. The Labute approximate surface area is 137 Å². The van der Waals surface area contributed by atoms with Gasteiger partial charge in [-0.15, -0.1) is 0 Å². The van der Waals surface area contributed by atoms with Gasteiger partial charge < -0.3 is 10.0 Å². The van der Waals surface area contributed by atoms with Crippen LogP contribution in [0.25, 0.3) is 0 Å². The minimum absolute atomic E-state index is 0.000875. The minimum Gasteiger partial charge on any atom is -0.481 e. The first-order valence-electron chi connectivity index (χ1n) is 7.92. The van der Waals surface area contributed by atoms with Crippen molar-refractivity contribution in [2.24, 2.45) is 17.8 Å². The Hall–Kier alpha value is -2.05. The summed E-state index contributed by atoms with van der Waals surface area (Å²) in [7, 11) is 0. The topological polar surface area (TPSA) is 57.6 Å². The van der Waals surface area contributed by atoms with Gasteiger partial charge in [0.25, 0.3) is 0 Å². The number of carboxylic acids is 1. The third-order valence-electron chi connectivity index (χ3n) is 4.90. The highest BCUT2D eigenvalue weighted by Gasteiger charge is 2.46. The first-order chi connectivity index (χ1) is 11.3. The first-order valence-corrected chi connectivity index (χ1v) is 7.92. The van der Waals surface area contributed by atoms with E-state index in [-0.39, 0.29) is 24.8 Å². The van der Waals surface area contributed by atoms with Crippen LogP contribution in [0.1, 0.15) is 24.0 Å². The summed E-state index contributed by atoms with van der Waals surface area (Å²) >= 11 is 0. The Bertz CT molecular complexity index is 637. The number of amides is 1. The molecule has 7 heteroatoms. The molecule has 0 spiro atoms. The molecule has 24 heavy (non-hydrogen) atoms. The lowest BCUT2D eigenvalue weighted by atomic mass is 9.92. The van der Waals surface area contributed by atoms with E-state index in [4.69, 9.17) is 0 Å². The second-order valence-electron chi connectivity index (χ2n) is 6.62. The van der Waals surface area contributed by atoms with Crippen LogP contribution in [0.2, 0.25) is 0 Å². The molecule has 1 saturated heterocycles. The zero-order valence-electron chi connectivity index (χ0n) is 12.9. The predicted octanol–water partition coefficient (Wildman–Crippen LogP) is 2.82. The Balaban J connectivity index is 1.64. The standard InChI is InChI=1S/C17H18F3NO3/c18-17(19,20)12-5-1-10(2-6-12)7-15(22)21-8-13(11-3-4-11)14(9-21)16(23)24/h1-2,5-6,11,13-14H,3-4,7-9H2,(H,23,24)/t13-,14+/m1/s1. The van der Waals surface area contributed by atoms with Gasteiger partial charge in [0.05, 0.1) is 17.9 Å². The molecule has 1 aliphatic carbocycles. The molecule has 0 unspecified atom stereocenters. The van der Waals surface area contributed by atoms with Gasteiger partial charge in [0.1, 0.15) is 0 Å². The van der Waals surface area contributed by atoms with E-state index in [1.54, 1.807) is 4.90 Å². The van der Waals surface area contributed by atoms with Gasteiger partial charge in [-0.05, 0) is 42.4 Å². The number of hydrogen-bond acceptors (Lipinski definition) is 2. The fourth-order valence-electron chi connectivity index (χ4n) is 3.39. The van der Waals surface area contributed by atoms with Crippen molar-refractivity contribution >= 4 is 11.9 Å². The van der Waals surface area contributed by atoms with Crippen LogP contribution in [-0.4, -0.2) is 35.0 Å². The largest absolute Gasteiger partial charge is 0.481 e. The lowest BCUT2D eigenvalue weighted by molar-refractivity contribution is -0.143. The van der Waals surface area contributed by atoms with Gasteiger partial charge in [0.2, 0.25) is 5.91 Å². The molecule has 0 aromatic heterocycles. The molecule has 1 amide bonds. The summed E-state index contributed by atoms with van der Waals surface area (Å²) in [6.45, 7) is 0.622. The number of halogens is 3. The van der Waals surface area contributed by atoms with E-state index in [9.17, 15) is 27.9 Å². The highest BCUT2D eigenvalue weighted by molar-refractivity contribution is 5.81. The van der Waals surface area contributed by atoms with Crippen LogP contribution < -0.4 is 0 Å². The zero-order chi connectivity index (χ0) is 17.5. The van der Waals surface area contributed by atoms with Gasteiger partial charge >= 0.3 is 12.1 Å². The number of aliphatic carboxylic acids is 1. The fourth-order valence-corrected chi connectivity index (χ4v) is 3.39. The lowest BCUT2D eigenvalue weighted by Gasteiger charge is -2.16. The maximum atomic E-state index is 12.5. The molecule has 0 bridgehead atoms. The molecule has 1 aromatic rings. The maximum absolute atomic E-state index is 12.5. The van der Waals surface area contributed by atoms with Gasteiger partial charge in [-0.2, -0.15) is 13.2 Å². The SMILES string of the molecule is O=C(O)[C@H]1CN(C(=O)Cc2ccc(C(F)(F)F)cc2)C[C@@H]1C1CC1. The highest BCUT2D eigenvalue weighted by Crippen LogP contribution is 2.44. The van der Waals surface area contributed by atoms with Crippen LogP contribution in [0.3, 0.4) is 0 Å². The smallest absolute Gasteiger partial charge is 0.416 e. The van der Waals surface area contributed by atoms with Crippen LogP contribution in [0, 0.1) is 17.8 Å². The van der Waals surface area contributed by atoms with Crippen molar-refractivity contribution < 1.29 is 27.9 Å². The molecule has 2 fully saturated rings. The molecule has 1 saturated carbocycles. The van der Waals surface area contributed by atoms with Crippen molar-refractivity contribution in [3.8, 4) is 0 Å².